The third-order valence-electron chi connectivity index (χ3n) is 2.22. The zero-order valence-corrected chi connectivity index (χ0v) is 11.2. The van der Waals surface area contributed by atoms with Crippen LogP contribution in [0.4, 0.5) is 10.2 Å². The lowest BCUT2D eigenvalue weighted by molar-refractivity contribution is -0.116. The van der Waals surface area contributed by atoms with E-state index in [-0.39, 0.29) is 12.4 Å². The van der Waals surface area contributed by atoms with E-state index in [0.717, 1.165) is 12.8 Å². The summed E-state index contributed by atoms with van der Waals surface area (Å²) < 4.78 is 14.3. The molecule has 17 heavy (non-hydrogen) atoms. The quantitative estimate of drug-likeness (QED) is 0.875. The van der Waals surface area contributed by atoms with Gasteiger partial charge in [-0.25, -0.2) is 9.37 Å². The molecule has 0 saturated carbocycles. The van der Waals surface area contributed by atoms with Gasteiger partial charge < -0.3 is 10.6 Å². The number of primary amides is 1. The van der Waals surface area contributed by atoms with Crippen molar-refractivity contribution in [1.82, 2.24) is 4.98 Å². The molecular formula is C11H15BrFN3O. The first-order valence-corrected chi connectivity index (χ1v) is 6.18. The van der Waals surface area contributed by atoms with Crippen molar-refractivity contribution in [1.29, 1.82) is 0 Å². The van der Waals surface area contributed by atoms with E-state index in [1.807, 2.05) is 6.92 Å². The molecule has 0 atom stereocenters. The normalized spacial score (nSPS) is 10.3. The average molecular weight is 304 g/mol. The highest BCUT2D eigenvalue weighted by molar-refractivity contribution is 9.10. The van der Waals surface area contributed by atoms with E-state index in [1.54, 1.807) is 4.90 Å². The number of amides is 1. The third kappa shape index (κ3) is 4.30. The Bertz CT molecular complexity index is 400. The third-order valence-corrected chi connectivity index (χ3v) is 2.65. The molecule has 0 aliphatic carbocycles. The molecule has 4 nitrogen and oxygen atoms in total. The molecule has 1 aromatic rings. The van der Waals surface area contributed by atoms with Gasteiger partial charge in [-0.2, -0.15) is 0 Å². The Labute approximate surface area is 108 Å². The molecular weight excluding hydrogens is 289 g/mol. The maximum absolute atomic E-state index is 13.7. The number of nitrogens with two attached hydrogens (primary N) is 1. The molecule has 1 aromatic heterocycles. The van der Waals surface area contributed by atoms with Crippen LogP contribution >= 0.6 is 15.9 Å². The van der Waals surface area contributed by atoms with Gasteiger partial charge in [-0.3, -0.25) is 4.79 Å². The number of nitrogens with zero attached hydrogens (tertiary/aromatic N) is 2. The Morgan fingerprint density at radius 1 is 1.65 bits per heavy atom. The maximum Gasteiger partial charge on any atom is 0.237 e. The molecule has 0 aliphatic heterocycles. The van der Waals surface area contributed by atoms with Crippen LogP contribution in [-0.2, 0) is 4.79 Å². The zero-order valence-electron chi connectivity index (χ0n) is 9.62. The largest absolute Gasteiger partial charge is 0.368 e. The predicted molar refractivity (Wildman–Crippen MR) is 68.2 cm³/mol. The number of rotatable bonds is 6. The minimum absolute atomic E-state index is 0.0223. The van der Waals surface area contributed by atoms with Crippen LogP contribution in [0.2, 0.25) is 0 Å². The number of pyridine rings is 1. The Hall–Kier alpha value is -1.17. The van der Waals surface area contributed by atoms with Crippen LogP contribution in [0.25, 0.3) is 0 Å². The highest BCUT2D eigenvalue weighted by Crippen LogP contribution is 2.20. The number of halogens is 2. The van der Waals surface area contributed by atoms with E-state index >= 15 is 0 Å². The van der Waals surface area contributed by atoms with Crippen molar-refractivity contribution < 1.29 is 9.18 Å². The second-order valence-electron chi connectivity index (χ2n) is 3.70. The molecule has 0 unspecified atom stereocenters. The van der Waals surface area contributed by atoms with Gasteiger partial charge in [-0.15, -0.1) is 0 Å². The van der Waals surface area contributed by atoms with Gasteiger partial charge in [0, 0.05) is 17.2 Å². The summed E-state index contributed by atoms with van der Waals surface area (Å²) in [5.41, 5.74) is 5.14. The van der Waals surface area contributed by atoms with E-state index in [2.05, 4.69) is 20.9 Å². The molecule has 0 radical (unpaired) electrons. The van der Waals surface area contributed by atoms with Crippen molar-refractivity contribution >= 4 is 27.7 Å². The topological polar surface area (TPSA) is 59.2 Å². The number of hydrogen-bond donors (Lipinski definition) is 1. The van der Waals surface area contributed by atoms with Crippen molar-refractivity contribution in [2.75, 3.05) is 18.0 Å². The summed E-state index contributed by atoms with van der Waals surface area (Å²) in [5.74, 6) is -0.789. The summed E-state index contributed by atoms with van der Waals surface area (Å²) in [7, 11) is 0. The van der Waals surface area contributed by atoms with Gasteiger partial charge in [0.2, 0.25) is 5.91 Å². The van der Waals surface area contributed by atoms with Crippen molar-refractivity contribution in [3.63, 3.8) is 0 Å². The van der Waals surface area contributed by atoms with Crippen molar-refractivity contribution in [3.8, 4) is 0 Å². The van der Waals surface area contributed by atoms with Crippen molar-refractivity contribution in [2.45, 2.75) is 19.8 Å². The minimum atomic E-state index is -0.495. The summed E-state index contributed by atoms with van der Waals surface area (Å²) in [6.45, 7) is 2.56. The van der Waals surface area contributed by atoms with Gasteiger partial charge in [-0.1, -0.05) is 13.3 Å². The molecule has 1 heterocycles. The van der Waals surface area contributed by atoms with Crippen LogP contribution in [0.15, 0.2) is 16.7 Å². The molecule has 0 aromatic carbocycles. The Morgan fingerprint density at radius 2 is 2.35 bits per heavy atom. The van der Waals surface area contributed by atoms with E-state index in [9.17, 15) is 9.18 Å². The number of carbonyl (C=O) groups is 1. The highest BCUT2D eigenvalue weighted by atomic mass is 79.9. The van der Waals surface area contributed by atoms with E-state index in [0.29, 0.717) is 11.0 Å². The highest BCUT2D eigenvalue weighted by Gasteiger charge is 2.15. The number of unbranched alkanes of at least 4 members (excludes halogenated alkanes) is 1. The zero-order chi connectivity index (χ0) is 12.8. The van der Waals surface area contributed by atoms with Crippen LogP contribution in [0.1, 0.15) is 19.8 Å². The van der Waals surface area contributed by atoms with Crippen molar-refractivity contribution in [3.05, 3.63) is 22.6 Å². The fourth-order valence-corrected chi connectivity index (χ4v) is 1.74. The number of anilines is 1. The van der Waals surface area contributed by atoms with Gasteiger partial charge in [-0.05, 0) is 28.4 Å². The molecule has 0 bridgehead atoms. The summed E-state index contributed by atoms with van der Waals surface area (Å²) in [5, 5.41) is 0. The summed E-state index contributed by atoms with van der Waals surface area (Å²) in [6.07, 6.45) is 3.30. The molecule has 1 rings (SSSR count). The number of carbonyl (C=O) groups excluding carboxylic acids is 1. The lowest BCUT2D eigenvalue weighted by Crippen LogP contribution is -2.35. The van der Waals surface area contributed by atoms with Gasteiger partial charge in [0.05, 0.1) is 6.54 Å². The van der Waals surface area contributed by atoms with Crippen LogP contribution in [0, 0.1) is 5.82 Å². The summed E-state index contributed by atoms with van der Waals surface area (Å²) >= 11 is 3.14. The molecule has 2 N–H and O–H groups in total. The van der Waals surface area contributed by atoms with Crippen LogP contribution in [0.3, 0.4) is 0 Å². The predicted octanol–water partition coefficient (Wildman–Crippen LogP) is 2.08. The van der Waals surface area contributed by atoms with Crippen LogP contribution in [-0.4, -0.2) is 24.0 Å². The first kappa shape index (κ1) is 13.9. The smallest absolute Gasteiger partial charge is 0.237 e. The lowest BCUT2D eigenvalue weighted by Gasteiger charge is -2.22. The SMILES string of the molecule is CCCCN(CC(N)=O)c1ncc(Br)cc1F. The molecule has 0 aliphatic rings. The summed E-state index contributed by atoms with van der Waals surface area (Å²) in [6, 6.07) is 1.32. The fraction of sp³-hybridized carbons (Fsp3) is 0.455. The monoisotopic (exact) mass is 303 g/mol. The molecule has 6 heteroatoms. The van der Waals surface area contributed by atoms with Crippen LogP contribution in [0.5, 0.6) is 0 Å². The van der Waals surface area contributed by atoms with Gasteiger partial charge in [0.25, 0.3) is 0 Å². The minimum Gasteiger partial charge on any atom is -0.368 e. The molecule has 1 amide bonds. The van der Waals surface area contributed by atoms with Gasteiger partial charge in [0.1, 0.15) is 0 Å². The number of hydrogen-bond acceptors (Lipinski definition) is 3. The fourth-order valence-electron chi connectivity index (χ4n) is 1.44. The number of aromatic nitrogens is 1. The van der Waals surface area contributed by atoms with E-state index in [1.165, 1.54) is 12.3 Å². The maximum atomic E-state index is 13.7. The van der Waals surface area contributed by atoms with Crippen LogP contribution < -0.4 is 10.6 Å². The Kier molecular flexibility index (Phi) is 5.34. The average Bonchev–Trinajstić information content (AvgIpc) is 2.24. The first-order chi connectivity index (χ1) is 8.04. The van der Waals surface area contributed by atoms with Gasteiger partial charge >= 0.3 is 0 Å². The Balaban J connectivity index is 2.90. The summed E-state index contributed by atoms with van der Waals surface area (Å²) in [4.78, 5) is 16.5. The van der Waals surface area contributed by atoms with E-state index in [4.69, 9.17) is 5.73 Å². The first-order valence-electron chi connectivity index (χ1n) is 5.39. The molecule has 0 saturated heterocycles. The van der Waals surface area contributed by atoms with Crippen molar-refractivity contribution in [2.24, 2.45) is 5.73 Å². The molecule has 0 fully saturated rings. The second kappa shape index (κ2) is 6.54. The lowest BCUT2D eigenvalue weighted by atomic mass is 10.3. The van der Waals surface area contributed by atoms with Gasteiger partial charge in [0.15, 0.2) is 11.6 Å². The van der Waals surface area contributed by atoms with E-state index < -0.39 is 11.7 Å². The molecule has 94 valence electrons. The standard InChI is InChI=1S/C11H15BrFN3O/c1-2-3-4-16(7-10(14)17)11-9(13)5-8(12)6-15-11/h5-6H,2-4,7H2,1H3,(H2,14,17). The Morgan fingerprint density at radius 3 is 2.88 bits per heavy atom. The second-order valence-corrected chi connectivity index (χ2v) is 4.62. The molecule has 0 spiro atoms.